The van der Waals surface area contributed by atoms with Gasteiger partial charge in [-0.25, -0.2) is 4.79 Å². The largest absolute Gasteiger partial charge is 0.451 e. The molecule has 116 valence electrons. The fraction of sp³-hybridized carbons (Fsp3) is 0.615. The molecule has 0 aliphatic carbocycles. The number of hydrogen-bond donors (Lipinski definition) is 1. The van der Waals surface area contributed by atoms with Crippen LogP contribution in [0.5, 0.6) is 0 Å². The molecule has 8 nitrogen and oxygen atoms in total. The summed E-state index contributed by atoms with van der Waals surface area (Å²) in [5.74, 6) is -0.860. The van der Waals surface area contributed by atoms with Gasteiger partial charge in [0, 0.05) is 19.6 Å². The Hall–Kier alpha value is -2.09. The number of esters is 1. The first-order chi connectivity index (χ1) is 10.0. The second kappa shape index (κ2) is 6.57. The van der Waals surface area contributed by atoms with Gasteiger partial charge in [-0.05, 0) is 13.8 Å². The van der Waals surface area contributed by atoms with Gasteiger partial charge in [-0.2, -0.15) is 5.10 Å². The summed E-state index contributed by atoms with van der Waals surface area (Å²) in [4.78, 5) is 25.6. The van der Waals surface area contributed by atoms with Crippen LogP contribution < -0.4 is 5.73 Å². The Morgan fingerprint density at radius 3 is 2.67 bits per heavy atom. The van der Waals surface area contributed by atoms with E-state index >= 15 is 0 Å². The molecule has 2 heterocycles. The second-order valence-corrected chi connectivity index (χ2v) is 4.73. The standard InChI is InChI=1S/C13H20N4O4/c1-3-17-12(11(14)9(2)15-17)13(19)21-8-10(18)16-4-6-20-7-5-16/h3-8,14H2,1-2H3. The van der Waals surface area contributed by atoms with Crippen molar-refractivity contribution < 1.29 is 19.1 Å². The minimum atomic E-state index is -0.628. The summed E-state index contributed by atoms with van der Waals surface area (Å²) in [7, 11) is 0. The average molecular weight is 296 g/mol. The normalized spacial score (nSPS) is 15.0. The summed E-state index contributed by atoms with van der Waals surface area (Å²) >= 11 is 0. The zero-order valence-electron chi connectivity index (χ0n) is 12.3. The van der Waals surface area contributed by atoms with Crippen LogP contribution in [0.25, 0.3) is 0 Å². The van der Waals surface area contributed by atoms with E-state index in [9.17, 15) is 9.59 Å². The number of morpholine rings is 1. The van der Waals surface area contributed by atoms with Crippen molar-refractivity contribution in [3.05, 3.63) is 11.4 Å². The van der Waals surface area contributed by atoms with Gasteiger partial charge in [-0.1, -0.05) is 0 Å². The number of hydrogen-bond acceptors (Lipinski definition) is 6. The van der Waals surface area contributed by atoms with E-state index in [-0.39, 0.29) is 18.2 Å². The number of nitrogen functional groups attached to an aromatic ring is 1. The maximum absolute atomic E-state index is 12.1. The lowest BCUT2D eigenvalue weighted by Gasteiger charge is -2.26. The first-order valence-corrected chi connectivity index (χ1v) is 6.90. The summed E-state index contributed by atoms with van der Waals surface area (Å²) in [6, 6.07) is 0. The van der Waals surface area contributed by atoms with Crippen LogP contribution >= 0.6 is 0 Å². The van der Waals surface area contributed by atoms with Crippen LogP contribution in [0.15, 0.2) is 0 Å². The lowest BCUT2D eigenvalue weighted by atomic mass is 10.3. The number of aryl methyl sites for hydroxylation is 2. The predicted octanol–water partition coefficient (Wildman–Crippen LogP) is -0.191. The SMILES string of the molecule is CCn1nc(C)c(N)c1C(=O)OCC(=O)N1CCOCC1. The molecule has 1 aromatic heterocycles. The quantitative estimate of drug-likeness (QED) is 0.773. The fourth-order valence-electron chi connectivity index (χ4n) is 2.14. The van der Waals surface area contributed by atoms with Crippen molar-refractivity contribution in [2.24, 2.45) is 0 Å². The Kier molecular flexibility index (Phi) is 4.79. The van der Waals surface area contributed by atoms with Gasteiger partial charge in [-0.15, -0.1) is 0 Å². The van der Waals surface area contributed by atoms with Gasteiger partial charge >= 0.3 is 5.97 Å². The summed E-state index contributed by atoms with van der Waals surface area (Å²) in [5.41, 5.74) is 6.90. The number of carbonyl (C=O) groups excluding carboxylic acids is 2. The highest BCUT2D eigenvalue weighted by Crippen LogP contribution is 2.17. The van der Waals surface area contributed by atoms with Crippen LogP contribution in [0.2, 0.25) is 0 Å². The summed E-state index contributed by atoms with van der Waals surface area (Å²) < 4.78 is 11.7. The zero-order chi connectivity index (χ0) is 15.4. The highest BCUT2D eigenvalue weighted by Gasteiger charge is 2.23. The summed E-state index contributed by atoms with van der Waals surface area (Å²) in [6.45, 7) is 5.82. The molecule has 8 heteroatoms. The number of carbonyl (C=O) groups is 2. The van der Waals surface area contributed by atoms with E-state index in [4.69, 9.17) is 15.2 Å². The first kappa shape index (κ1) is 15.3. The smallest absolute Gasteiger partial charge is 0.359 e. The van der Waals surface area contributed by atoms with Gasteiger partial charge in [0.05, 0.1) is 24.6 Å². The van der Waals surface area contributed by atoms with E-state index in [1.807, 2.05) is 6.92 Å². The molecule has 1 aromatic rings. The molecule has 1 saturated heterocycles. The van der Waals surface area contributed by atoms with E-state index in [0.29, 0.717) is 44.2 Å². The first-order valence-electron chi connectivity index (χ1n) is 6.90. The molecule has 2 rings (SSSR count). The van der Waals surface area contributed by atoms with Crippen LogP contribution in [-0.2, 0) is 20.8 Å². The van der Waals surface area contributed by atoms with E-state index in [1.165, 1.54) is 4.68 Å². The van der Waals surface area contributed by atoms with Crippen molar-refractivity contribution in [1.82, 2.24) is 14.7 Å². The van der Waals surface area contributed by atoms with Gasteiger partial charge < -0.3 is 20.1 Å². The molecule has 0 spiro atoms. The molecular formula is C13H20N4O4. The second-order valence-electron chi connectivity index (χ2n) is 4.73. The van der Waals surface area contributed by atoms with Crippen LogP contribution in [0.1, 0.15) is 23.1 Å². The van der Waals surface area contributed by atoms with Crippen LogP contribution in [0, 0.1) is 6.92 Å². The Balaban J connectivity index is 1.97. The van der Waals surface area contributed by atoms with Crippen molar-refractivity contribution in [3.63, 3.8) is 0 Å². The molecular weight excluding hydrogens is 276 g/mol. The third-order valence-electron chi connectivity index (χ3n) is 3.36. The highest BCUT2D eigenvalue weighted by molar-refractivity contribution is 5.95. The molecule has 1 aliphatic heterocycles. The van der Waals surface area contributed by atoms with E-state index in [0.717, 1.165) is 0 Å². The minimum absolute atomic E-state index is 0.199. The minimum Gasteiger partial charge on any atom is -0.451 e. The van der Waals surface area contributed by atoms with Crippen molar-refractivity contribution >= 4 is 17.6 Å². The number of anilines is 1. The summed E-state index contributed by atoms with van der Waals surface area (Å²) in [5, 5.41) is 4.15. The topological polar surface area (TPSA) is 99.7 Å². The van der Waals surface area contributed by atoms with Crippen molar-refractivity contribution in [2.75, 3.05) is 38.6 Å². The lowest BCUT2D eigenvalue weighted by Crippen LogP contribution is -2.42. The van der Waals surface area contributed by atoms with Crippen LogP contribution in [-0.4, -0.2) is 59.5 Å². The van der Waals surface area contributed by atoms with E-state index in [2.05, 4.69) is 5.10 Å². The number of amides is 1. The van der Waals surface area contributed by atoms with E-state index in [1.54, 1.807) is 11.8 Å². The number of nitrogens with two attached hydrogens (primary N) is 1. The number of ether oxygens (including phenoxy) is 2. The summed E-state index contributed by atoms with van der Waals surface area (Å²) in [6.07, 6.45) is 0. The van der Waals surface area contributed by atoms with Gasteiger partial charge in [0.25, 0.3) is 5.91 Å². The molecule has 1 amide bonds. The molecule has 0 atom stereocenters. The number of aromatic nitrogens is 2. The lowest BCUT2D eigenvalue weighted by molar-refractivity contribution is -0.138. The Morgan fingerprint density at radius 2 is 2.05 bits per heavy atom. The third kappa shape index (κ3) is 3.33. The third-order valence-corrected chi connectivity index (χ3v) is 3.36. The fourth-order valence-corrected chi connectivity index (χ4v) is 2.14. The van der Waals surface area contributed by atoms with Crippen molar-refractivity contribution in [1.29, 1.82) is 0 Å². The average Bonchev–Trinajstić information content (AvgIpc) is 2.80. The predicted molar refractivity (Wildman–Crippen MR) is 74.7 cm³/mol. The van der Waals surface area contributed by atoms with Gasteiger partial charge in [0.1, 0.15) is 0 Å². The number of rotatable bonds is 4. The van der Waals surface area contributed by atoms with Gasteiger partial charge in [0.2, 0.25) is 0 Å². The van der Waals surface area contributed by atoms with Gasteiger partial charge in [-0.3, -0.25) is 9.48 Å². The molecule has 1 aliphatic rings. The number of nitrogens with zero attached hydrogens (tertiary/aromatic N) is 3. The van der Waals surface area contributed by atoms with Crippen molar-refractivity contribution in [3.8, 4) is 0 Å². The molecule has 0 aromatic carbocycles. The highest BCUT2D eigenvalue weighted by atomic mass is 16.5. The van der Waals surface area contributed by atoms with Gasteiger partial charge in [0.15, 0.2) is 12.3 Å². The molecule has 0 radical (unpaired) electrons. The Bertz CT molecular complexity index is 535. The maximum Gasteiger partial charge on any atom is 0.359 e. The Morgan fingerprint density at radius 1 is 1.38 bits per heavy atom. The Labute approximate surface area is 122 Å². The van der Waals surface area contributed by atoms with E-state index < -0.39 is 5.97 Å². The molecule has 21 heavy (non-hydrogen) atoms. The molecule has 0 saturated carbocycles. The molecule has 0 unspecified atom stereocenters. The molecule has 1 fully saturated rings. The molecule has 2 N–H and O–H groups in total. The molecule has 0 bridgehead atoms. The zero-order valence-corrected chi connectivity index (χ0v) is 12.3. The van der Waals surface area contributed by atoms with Crippen molar-refractivity contribution in [2.45, 2.75) is 20.4 Å². The van der Waals surface area contributed by atoms with Crippen LogP contribution in [0.4, 0.5) is 5.69 Å². The van der Waals surface area contributed by atoms with Crippen LogP contribution in [0.3, 0.4) is 0 Å². The monoisotopic (exact) mass is 296 g/mol. The maximum atomic E-state index is 12.1.